The van der Waals surface area contributed by atoms with E-state index >= 15 is 0 Å². The normalized spacial score (nSPS) is 11.9. The van der Waals surface area contributed by atoms with Gasteiger partial charge in [0.1, 0.15) is 5.75 Å². The van der Waals surface area contributed by atoms with Gasteiger partial charge in [0.05, 0.1) is 5.75 Å². The molecule has 0 saturated carbocycles. The number of aryl methyl sites for hydroxylation is 2. The van der Waals surface area contributed by atoms with Gasteiger partial charge in [-0.3, -0.25) is 4.79 Å². The van der Waals surface area contributed by atoms with Crippen molar-refractivity contribution in [3.05, 3.63) is 64.4 Å². The molecule has 0 aliphatic rings. The van der Waals surface area contributed by atoms with Crippen LogP contribution in [0.25, 0.3) is 0 Å². The maximum Gasteiger partial charge on any atom is 0.234 e. The molecule has 6 nitrogen and oxygen atoms in total. The van der Waals surface area contributed by atoms with E-state index in [9.17, 15) is 4.79 Å². The average Bonchev–Trinajstić information content (AvgIpc) is 3.18. The molecule has 8 heteroatoms. The Morgan fingerprint density at radius 3 is 2.58 bits per heavy atom. The predicted molar refractivity (Wildman–Crippen MR) is 126 cm³/mol. The zero-order valence-electron chi connectivity index (χ0n) is 18.2. The van der Waals surface area contributed by atoms with E-state index in [4.69, 9.17) is 16.3 Å². The Morgan fingerprint density at radius 1 is 1.19 bits per heavy atom. The van der Waals surface area contributed by atoms with Crippen molar-refractivity contribution < 1.29 is 9.53 Å². The van der Waals surface area contributed by atoms with Crippen LogP contribution in [0.4, 0.5) is 5.69 Å². The first kappa shape index (κ1) is 23.2. The van der Waals surface area contributed by atoms with E-state index in [1.54, 1.807) is 0 Å². The standard InChI is InChI=1S/C23H27ClN4O2S/c1-5-17-7-9-18(10-8-17)25-21(29)14-31-23-27-26-22(28(23)6-2)16(4)30-19-11-12-20(24)15(3)13-19/h7-13,16H,5-6,14H2,1-4H3,(H,25,29). The highest BCUT2D eigenvalue weighted by atomic mass is 35.5. The van der Waals surface area contributed by atoms with Crippen LogP contribution in [-0.2, 0) is 17.8 Å². The summed E-state index contributed by atoms with van der Waals surface area (Å²) in [6.45, 7) is 8.67. The van der Waals surface area contributed by atoms with Gasteiger partial charge in [0.25, 0.3) is 0 Å². The number of aromatic nitrogens is 3. The maximum atomic E-state index is 12.4. The van der Waals surface area contributed by atoms with Crippen LogP contribution in [0.1, 0.15) is 43.8 Å². The lowest BCUT2D eigenvalue weighted by Crippen LogP contribution is -2.15. The Morgan fingerprint density at radius 2 is 1.94 bits per heavy atom. The van der Waals surface area contributed by atoms with Crippen molar-refractivity contribution in [2.24, 2.45) is 0 Å². The van der Waals surface area contributed by atoms with Crippen molar-refractivity contribution in [1.29, 1.82) is 0 Å². The average molecular weight is 459 g/mol. The molecule has 3 rings (SSSR count). The largest absolute Gasteiger partial charge is 0.483 e. The molecule has 0 fully saturated rings. The first-order valence-corrected chi connectivity index (χ1v) is 11.6. The number of ether oxygens (including phenoxy) is 1. The summed E-state index contributed by atoms with van der Waals surface area (Å²) in [7, 11) is 0. The van der Waals surface area contributed by atoms with Crippen molar-refractivity contribution in [2.75, 3.05) is 11.1 Å². The van der Waals surface area contributed by atoms with Crippen LogP contribution in [0.5, 0.6) is 5.75 Å². The zero-order valence-corrected chi connectivity index (χ0v) is 19.8. The molecule has 31 heavy (non-hydrogen) atoms. The van der Waals surface area contributed by atoms with E-state index in [0.717, 1.165) is 23.4 Å². The quantitative estimate of drug-likeness (QED) is 0.417. The fraction of sp³-hybridized carbons (Fsp3) is 0.348. The number of carbonyl (C=O) groups is 1. The van der Waals surface area contributed by atoms with Crippen LogP contribution < -0.4 is 10.1 Å². The second kappa shape index (κ2) is 10.7. The van der Waals surface area contributed by atoms with E-state index in [1.807, 2.05) is 67.8 Å². The number of hydrogen-bond donors (Lipinski definition) is 1. The molecule has 1 heterocycles. The summed E-state index contributed by atoms with van der Waals surface area (Å²) < 4.78 is 8.02. The maximum absolute atomic E-state index is 12.4. The molecule has 0 aliphatic heterocycles. The highest BCUT2D eigenvalue weighted by Crippen LogP contribution is 2.27. The van der Waals surface area contributed by atoms with Gasteiger partial charge in [0.15, 0.2) is 17.1 Å². The van der Waals surface area contributed by atoms with Crippen LogP contribution >= 0.6 is 23.4 Å². The summed E-state index contributed by atoms with van der Waals surface area (Å²) in [5.74, 6) is 1.61. The van der Waals surface area contributed by atoms with Gasteiger partial charge >= 0.3 is 0 Å². The number of nitrogens with zero attached hydrogens (tertiary/aromatic N) is 3. The first-order chi connectivity index (χ1) is 14.9. The highest BCUT2D eigenvalue weighted by molar-refractivity contribution is 7.99. The topological polar surface area (TPSA) is 69.0 Å². The number of benzene rings is 2. The Labute approximate surface area is 192 Å². The van der Waals surface area contributed by atoms with Crippen molar-refractivity contribution in [3.8, 4) is 5.75 Å². The Kier molecular flexibility index (Phi) is 7.98. The Balaban J connectivity index is 1.62. The van der Waals surface area contributed by atoms with Gasteiger partial charge in [-0.15, -0.1) is 10.2 Å². The Hall–Kier alpha value is -2.51. The SMILES string of the molecule is CCc1ccc(NC(=O)CSc2nnc(C(C)Oc3ccc(Cl)c(C)c3)n2CC)cc1. The van der Waals surface area contributed by atoms with Gasteiger partial charge < -0.3 is 14.6 Å². The zero-order chi connectivity index (χ0) is 22.4. The summed E-state index contributed by atoms with van der Waals surface area (Å²) in [6.07, 6.45) is 0.673. The highest BCUT2D eigenvalue weighted by Gasteiger charge is 2.19. The number of carbonyl (C=O) groups excluding carboxylic acids is 1. The van der Waals surface area contributed by atoms with E-state index in [-0.39, 0.29) is 17.8 Å². The molecule has 1 amide bonds. The third-order valence-corrected chi connectivity index (χ3v) is 6.24. The molecule has 0 bridgehead atoms. The van der Waals surface area contributed by atoms with Gasteiger partial charge in [0, 0.05) is 17.3 Å². The molecule has 1 unspecified atom stereocenters. The second-order valence-corrected chi connectivity index (χ2v) is 8.49. The van der Waals surface area contributed by atoms with E-state index in [0.29, 0.717) is 22.5 Å². The lowest BCUT2D eigenvalue weighted by Gasteiger charge is -2.16. The number of thioether (sulfide) groups is 1. The first-order valence-electron chi connectivity index (χ1n) is 10.3. The van der Waals surface area contributed by atoms with Crippen LogP contribution in [0, 0.1) is 6.92 Å². The van der Waals surface area contributed by atoms with Crippen LogP contribution in [0.15, 0.2) is 47.6 Å². The molecule has 1 N–H and O–H groups in total. The fourth-order valence-corrected chi connectivity index (χ4v) is 4.03. The lowest BCUT2D eigenvalue weighted by atomic mass is 10.1. The minimum atomic E-state index is -0.298. The third kappa shape index (κ3) is 6.02. The monoisotopic (exact) mass is 458 g/mol. The summed E-state index contributed by atoms with van der Waals surface area (Å²) >= 11 is 7.45. The number of hydrogen-bond acceptors (Lipinski definition) is 5. The molecule has 0 saturated heterocycles. The molecule has 1 aromatic heterocycles. The smallest absolute Gasteiger partial charge is 0.234 e. The van der Waals surface area contributed by atoms with Gasteiger partial charge in [-0.1, -0.05) is 42.4 Å². The number of amides is 1. The predicted octanol–water partition coefficient (Wildman–Crippen LogP) is 5.69. The minimum absolute atomic E-state index is 0.0811. The third-order valence-electron chi connectivity index (χ3n) is 4.85. The van der Waals surface area contributed by atoms with Crippen LogP contribution in [0.3, 0.4) is 0 Å². The summed E-state index contributed by atoms with van der Waals surface area (Å²) in [4.78, 5) is 12.4. The van der Waals surface area contributed by atoms with Crippen LogP contribution in [-0.4, -0.2) is 26.4 Å². The number of nitrogens with one attached hydrogen (secondary N) is 1. The van der Waals surface area contributed by atoms with E-state index < -0.39 is 0 Å². The summed E-state index contributed by atoms with van der Waals surface area (Å²) in [5.41, 5.74) is 2.98. The van der Waals surface area contributed by atoms with Gasteiger partial charge in [-0.2, -0.15) is 0 Å². The van der Waals surface area contributed by atoms with Gasteiger partial charge in [-0.05, 0) is 68.7 Å². The number of anilines is 1. The molecule has 3 aromatic rings. The van der Waals surface area contributed by atoms with Crippen LogP contribution in [0.2, 0.25) is 5.02 Å². The van der Waals surface area contributed by atoms with Crippen molar-refractivity contribution in [3.63, 3.8) is 0 Å². The Bertz CT molecular complexity index is 1040. The molecule has 0 radical (unpaired) electrons. The second-order valence-electron chi connectivity index (χ2n) is 7.14. The number of rotatable bonds is 9. The molecule has 1 atom stereocenters. The van der Waals surface area contributed by atoms with Gasteiger partial charge in [-0.25, -0.2) is 0 Å². The number of halogens is 1. The van der Waals surface area contributed by atoms with Crippen molar-refractivity contribution >= 4 is 35.0 Å². The molecule has 0 spiro atoms. The molecular weight excluding hydrogens is 432 g/mol. The minimum Gasteiger partial charge on any atom is -0.483 e. The molecule has 0 aliphatic carbocycles. The van der Waals surface area contributed by atoms with Crippen molar-refractivity contribution in [2.45, 2.75) is 51.9 Å². The van der Waals surface area contributed by atoms with E-state index in [2.05, 4.69) is 22.4 Å². The van der Waals surface area contributed by atoms with Gasteiger partial charge in [0.2, 0.25) is 5.91 Å². The van der Waals surface area contributed by atoms with Crippen molar-refractivity contribution in [1.82, 2.24) is 14.8 Å². The summed E-state index contributed by atoms with van der Waals surface area (Å²) in [5, 5.41) is 12.9. The molecule has 164 valence electrons. The summed E-state index contributed by atoms with van der Waals surface area (Å²) in [6, 6.07) is 13.4. The molecule has 2 aromatic carbocycles. The van der Waals surface area contributed by atoms with E-state index in [1.165, 1.54) is 17.3 Å². The lowest BCUT2D eigenvalue weighted by molar-refractivity contribution is -0.113. The fourth-order valence-electron chi connectivity index (χ4n) is 3.10. The molecular formula is C23H27ClN4O2S.